The van der Waals surface area contributed by atoms with Crippen molar-refractivity contribution in [2.45, 2.75) is 33.6 Å². The topological polar surface area (TPSA) is 17.1 Å². The van der Waals surface area contributed by atoms with Crippen LogP contribution >= 0.6 is 0 Å². The first-order valence-electron chi connectivity index (χ1n) is 4.32. The first-order chi connectivity index (χ1) is 5.20. The summed E-state index contributed by atoms with van der Waals surface area (Å²) in [5.41, 5.74) is 0. The van der Waals surface area contributed by atoms with Gasteiger partial charge in [0, 0.05) is 6.42 Å². The van der Waals surface area contributed by atoms with E-state index in [0.29, 0.717) is 18.3 Å². The largest absolute Gasteiger partial charge is 0.303 e. The lowest BCUT2D eigenvalue weighted by Gasteiger charge is -2.02. The predicted molar refractivity (Wildman–Crippen MR) is 48.4 cm³/mol. The van der Waals surface area contributed by atoms with Crippen LogP contribution < -0.4 is 0 Å². The van der Waals surface area contributed by atoms with E-state index >= 15 is 0 Å². The lowest BCUT2D eigenvalue weighted by Crippen LogP contribution is -1.92. The molecule has 0 saturated carbocycles. The van der Waals surface area contributed by atoms with Gasteiger partial charge in [-0.1, -0.05) is 39.3 Å². The van der Waals surface area contributed by atoms with Crippen molar-refractivity contribution < 1.29 is 4.79 Å². The Morgan fingerprint density at radius 3 is 2.18 bits per heavy atom. The Morgan fingerprint density at radius 2 is 1.73 bits per heavy atom. The van der Waals surface area contributed by atoms with Gasteiger partial charge in [0.05, 0.1) is 0 Å². The van der Waals surface area contributed by atoms with Gasteiger partial charge in [0.25, 0.3) is 0 Å². The predicted octanol–water partition coefficient (Wildman–Crippen LogP) is 2.81. The Hall–Kier alpha value is -0.590. The smallest absolute Gasteiger partial charge is 0.120 e. The van der Waals surface area contributed by atoms with Crippen LogP contribution in [0.25, 0.3) is 0 Å². The maximum Gasteiger partial charge on any atom is 0.120 e. The maximum absolute atomic E-state index is 10.1. The molecule has 1 nitrogen and oxygen atoms in total. The zero-order valence-corrected chi connectivity index (χ0v) is 7.71. The summed E-state index contributed by atoms with van der Waals surface area (Å²) >= 11 is 0. The van der Waals surface area contributed by atoms with Gasteiger partial charge in [-0.25, -0.2) is 0 Å². The summed E-state index contributed by atoms with van der Waals surface area (Å²) in [4.78, 5) is 10.1. The van der Waals surface area contributed by atoms with Crippen molar-refractivity contribution >= 4 is 6.29 Å². The van der Waals surface area contributed by atoms with Gasteiger partial charge in [-0.2, -0.15) is 0 Å². The molecule has 0 aromatic carbocycles. The molecule has 0 bridgehead atoms. The van der Waals surface area contributed by atoms with Gasteiger partial charge in [0.1, 0.15) is 6.29 Å². The molecule has 0 aromatic rings. The third kappa shape index (κ3) is 5.84. The number of rotatable bonds is 5. The molecule has 0 rings (SSSR count). The third-order valence-electron chi connectivity index (χ3n) is 1.88. The fourth-order valence-electron chi connectivity index (χ4n) is 0.746. The maximum atomic E-state index is 10.1. The highest BCUT2D eigenvalue weighted by atomic mass is 16.1. The van der Waals surface area contributed by atoms with Crippen molar-refractivity contribution in [1.82, 2.24) is 0 Å². The molecule has 11 heavy (non-hydrogen) atoms. The molecule has 0 aliphatic carbocycles. The highest BCUT2D eigenvalue weighted by molar-refractivity contribution is 5.50. The number of carbonyl (C=O) groups excluding carboxylic acids is 1. The molecular formula is C10H18O. The molecule has 0 fully saturated rings. The molecule has 0 radical (unpaired) electrons. The molecule has 2 unspecified atom stereocenters. The summed E-state index contributed by atoms with van der Waals surface area (Å²) < 4.78 is 0. The lowest BCUT2D eigenvalue weighted by molar-refractivity contribution is -0.108. The van der Waals surface area contributed by atoms with Crippen molar-refractivity contribution in [2.24, 2.45) is 11.8 Å². The van der Waals surface area contributed by atoms with Gasteiger partial charge in [0.2, 0.25) is 0 Å². The molecule has 2 atom stereocenters. The number of aldehydes is 1. The van der Waals surface area contributed by atoms with Gasteiger partial charge in [-0.05, 0) is 11.8 Å². The van der Waals surface area contributed by atoms with E-state index in [2.05, 4.69) is 32.9 Å². The van der Waals surface area contributed by atoms with E-state index in [-0.39, 0.29) is 0 Å². The summed E-state index contributed by atoms with van der Waals surface area (Å²) in [5, 5.41) is 0. The van der Waals surface area contributed by atoms with Gasteiger partial charge in [-0.15, -0.1) is 0 Å². The Labute approximate surface area is 69.5 Å². The molecule has 1 heteroatoms. The molecule has 0 aromatic heterocycles. The quantitative estimate of drug-likeness (QED) is 0.439. The van der Waals surface area contributed by atoms with Crippen molar-refractivity contribution in [1.29, 1.82) is 0 Å². The number of allylic oxidation sites excluding steroid dienone is 2. The van der Waals surface area contributed by atoms with E-state index in [1.807, 2.05) is 0 Å². The van der Waals surface area contributed by atoms with Gasteiger partial charge in [0.15, 0.2) is 0 Å². The first-order valence-corrected chi connectivity index (χ1v) is 4.32. The van der Waals surface area contributed by atoms with Crippen LogP contribution in [0, 0.1) is 11.8 Å². The normalized spacial score (nSPS) is 16.6. The summed E-state index contributed by atoms with van der Waals surface area (Å²) in [6, 6.07) is 0. The zero-order chi connectivity index (χ0) is 8.69. The monoisotopic (exact) mass is 154 g/mol. The highest BCUT2D eigenvalue weighted by Gasteiger charge is 1.95. The second-order valence-corrected chi connectivity index (χ2v) is 3.15. The fraction of sp³-hybridized carbons (Fsp3) is 0.700. The molecule has 64 valence electrons. The van der Waals surface area contributed by atoms with Gasteiger partial charge in [-0.3, -0.25) is 0 Å². The van der Waals surface area contributed by atoms with E-state index in [1.54, 1.807) is 0 Å². The summed E-state index contributed by atoms with van der Waals surface area (Å²) in [5.74, 6) is 1.05. The molecule has 0 heterocycles. The van der Waals surface area contributed by atoms with Crippen LogP contribution in [0.3, 0.4) is 0 Å². The summed E-state index contributed by atoms with van der Waals surface area (Å²) in [6.07, 6.45) is 7.11. The van der Waals surface area contributed by atoms with Gasteiger partial charge < -0.3 is 4.79 Å². The number of hydrogen-bond acceptors (Lipinski definition) is 1. The van der Waals surface area contributed by atoms with Crippen LogP contribution in [0.5, 0.6) is 0 Å². The Morgan fingerprint density at radius 1 is 1.18 bits per heavy atom. The molecule has 0 aliphatic rings. The number of hydrogen-bond donors (Lipinski definition) is 0. The third-order valence-corrected chi connectivity index (χ3v) is 1.88. The Bertz CT molecular complexity index is 127. The van der Waals surface area contributed by atoms with Crippen LogP contribution in [0.15, 0.2) is 12.2 Å². The molecule has 0 N–H and O–H groups in total. The van der Waals surface area contributed by atoms with Crippen molar-refractivity contribution in [3.05, 3.63) is 12.2 Å². The van der Waals surface area contributed by atoms with Crippen LogP contribution in [0.1, 0.15) is 33.6 Å². The van der Waals surface area contributed by atoms with Crippen LogP contribution in [-0.4, -0.2) is 6.29 Å². The molecule has 0 aliphatic heterocycles. The molecule has 0 amide bonds. The molecular weight excluding hydrogens is 136 g/mol. The minimum atomic E-state index is 0.404. The summed E-state index contributed by atoms with van der Waals surface area (Å²) in [6.45, 7) is 6.41. The SMILES string of the molecule is CCC(C)C=CC(C)CC=O. The fourth-order valence-corrected chi connectivity index (χ4v) is 0.746. The van der Waals surface area contributed by atoms with Crippen molar-refractivity contribution in [2.75, 3.05) is 0 Å². The van der Waals surface area contributed by atoms with E-state index in [1.165, 1.54) is 6.42 Å². The first kappa shape index (κ1) is 10.4. The van der Waals surface area contributed by atoms with E-state index in [0.717, 1.165) is 6.29 Å². The van der Waals surface area contributed by atoms with Gasteiger partial charge >= 0.3 is 0 Å². The highest BCUT2D eigenvalue weighted by Crippen LogP contribution is 2.07. The van der Waals surface area contributed by atoms with Crippen LogP contribution in [0.4, 0.5) is 0 Å². The van der Waals surface area contributed by atoms with Crippen LogP contribution in [0.2, 0.25) is 0 Å². The Kier molecular flexibility index (Phi) is 5.81. The second-order valence-electron chi connectivity index (χ2n) is 3.15. The van der Waals surface area contributed by atoms with E-state index in [4.69, 9.17) is 0 Å². The minimum absolute atomic E-state index is 0.404. The average Bonchev–Trinajstić information content (AvgIpc) is 2.01. The van der Waals surface area contributed by atoms with E-state index < -0.39 is 0 Å². The lowest BCUT2D eigenvalue weighted by atomic mass is 10.0. The molecule has 0 spiro atoms. The standard InChI is InChI=1S/C10H18O/c1-4-9(2)5-6-10(3)7-8-11/h5-6,8-10H,4,7H2,1-3H3. The van der Waals surface area contributed by atoms with Crippen molar-refractivity contribution in [3.63, 3.8) is 0 Å². The second kappa shape index (κ2) is 6.14. The average molecular weight is 154 g/mol. The van der Waals surface area contributed by atoms with Crippen LogP contribution in [-0.2, 0) is 4.79 Å². The molecule has 0 saturated heterocycles. The number of carbonyl (C=O) groups is 1. The van der Waals surface area contributed by atoms with Crippen molar-refractivity contribution in [3.8, 4) is 0 Å². The van der Waals surface area contributed by atoms with E-state index in [9.17, 15) is 4.79 Å². The summed E-state index contributed by atoms with van der Waals surface area (Å²) in [7, 11) is 0. The zero-order valence-electron chi connectivity index (χ0n) is 7.71. The Balaban J connectivity index is 3.62. The minimum Gasteiger partial charge on any atom is -0.303 e.